The fraction of sp³-hybridized carbons (Fsp3) is 0. The van der Waals surface area contributed by atoms with Crippen LogP contribution in [-0.4, -0.2) is 16.0 Å². The van der Waals surface area contributed by atoms with E-state index in [1.807, 2.05) is 91.0 Å². The summed E-state index contributed by atoms with van der Waals surface area (Å²) in [5, 5.41) is 8.38. The van der Waals surface area contributed by atoms with Gasteiger partial charge in [0.15, 0.2) is 5.78 Å². The fourth-order valence-corrected chi connectivity index (χ4v) is 2.80. The molecule has 4 aromatic rings. The maximum Gasteiger partial charge on any atom is 0.193 e. The zero-order valence-electron chi connectivity index (χ0n) is 13.5. The van der Waals surface area contributed by atoms with E-state index in [1.54, 1.807) is 0 Å². The Bertz CT molecular complexity index is 1050. The van der Waals surface area contributed by atoms with Crippen LogP contribution in [0.1, 0.15) is 27.2 Å². The predicted molar refractivity (Wildman–Crippen MR) is 101 cm³/mol. The van der Waals surface area contributed by atoms with Crippen molar-refractivity contribution in [2.75, 3.05) is 0 Å². The molecule has 0 aliphatic carbocycles. The van der Waals surface area contributed by atoms with E-state index in [4.69, 9.17) is 0 Å². The Hall–Kier alpha value is -3.46. The second kappa shape index (κ2) is 6.57. The molecule has 0 atom stereocenters. The van der Waals surface area contributed by atoms with Crippen LogP contribution in [0, 0.1) is 0 Å². The Morgan fingerprint density at radius 1 is 0.800 bits per heavy atom. The molecule has 0 saturated heterocycles. The zero-order valence-corrected chi connectivity index (χ0v) is 13.5. The van der Waals surface area contributed by atoms with Gasteiger partial charge in [-0.3, -0.25) is 9.89 Å². The van der Waals surface area contributed by atoms with Crippen molar-refractivity contribution in [3.63, 3.8) is 0 Å². The highest BCUT2D eigenvalue weighted by molar-refractivity contribution is 6.10. The van der Waals surface area contributed by atoms with Gasteiger partial charge in [0.05, 0.1) is 11.2 Å². The van der Waals surface area contributed by atoms with Gasteiger partial charge in [-0.15, -0.1) is 0 Å². The molecule has 0 aliphatic heterocycles. The summed E-state index contributed by atoms with van der Waals surface area (Å²) in [4.78, 5) is 12.6. The van der Waals surface area contributed by atoms with E-state index < -0.39 is 0 Å². The van der Waals surface area contributed by atoms with Gasteiger partial charge in [-0.05, 0) is 23.8 Å². The SMILES string of the molecule is O=C(c1ccccc1)c1ccc2c(C=Cc3ccccc3)n[nH]c2c1. The maximum absolute atomic E-state index is 12.6. The third-order valence-electron chi connectivity index (χ3n) is 4.12. The number of nitrogens with one attached hydrogen (secondary N) is 1. The summed E-state index contributed by atoms with van der Waals surface area (Å²) in [6.45, 7) is 0. The van der Waals surface area contributed by atoms with Crippen molar-refractivity contribution in [2.45, 2.75) is 0 Å². The summed E-state index contributed by atoms with van der Waals surface area (Å²) in [5.74, 6) is 0.0125. The molecule has 0 amide bonds. The molecule has 0 saturated carbocycles. The minimum Gasteiger partial charge on any atom is -0.289 e. The van der Waals surface area contributed by atoms with Gasteiger partial charge < -0.3 is 0 Å². The number of ketones is 1. The van der Waals surface area contributed by atoms with Crippen LogP contribution in [0.15, 0.2) is 78.9 Å². The van der Waals surface area contributed by atoms with E-state index >= 15 is 0 Å². The summed E-state index contributed by atoms with van der Waals surface area (Å²) < 4.78 is 0. The van der Waals surface area contributed by atoms with Gasteiger partial charge in [-0.25, -0.2) is 0 Å². The number of aromatic nitrogens is 2. The van der Waals surface area contributed by atoms with E-state index in [9.17, 15) is 4.79 Å². The number of benzene rings is 3. The van der Waals surface area contributed by atoms with Gasteiger partial charge in [0.1, 0.15) is 0 Å². The second-order valence-corrected chi connectivity index (χ2v) is 5.81. The van der Waals surface area contributed by atoms with E-state index in [-0.39, 0.29) is 5.78 Å². The van der Waals surface area contributed by atoms with Gasteiger partial charge >= 0.3 is 0 Å². The lowest BCUT2D eigenvalue weighted by Crippen LogP contribution is -2.00. The van der Waals surface area contributed by atoms with Crippen LogP contribution in [0.3, 0.4) is 0 Å². The summed E-state index contributed by atoms with van der Waals surface area (Å²) in [5.41, 5.74) is 4.17. The first-order chi connectivity index (χ1) is 12.3. The molecule has 3 nitrogen and oxygen atoms in total. The van der Waals surface area contributed by atoms with Gasteiger partial charge in [-0.1, -0.05) is 72.8 Å². The van der Waals surface area contributed by atoms with Crippen molar-refractivity contribution >= 4 is 28.8 Å². The molecule has 0 unspecified atom stereocenters. The number of nitrogens with zero attached hydrogens (tertiary/aromatic N) is 1. The van der Waals surface area contributed by atoms with Gasteiger partial charge in [0, 0.05) is 16.5 Å². The number of carbonyl (C=O) groups excluding carboxylic acids is 1. The molecule has 0 radical (unpaired) electrons. The Morgan fingerprint density at radius 3 is 2.28 bits per heavy atom. The Morgan fingerprint density at radius 2 is 1.52 bits per heavy atom. The minimum atomic E-state index is 0.0125. The third-order valence-corrected chi connectivity index (χ3v) is 4.12. The summed E-state index contributed by atoms with van der Waals surface area (Å²) in [6.07, 6.45) is 4.01. The lowest BCUT2D eigenvalue weighted by atomic mass is 10.0. The first-order valence-electron chi connectivity index (χ1n) is 8.12. The van der Waals surface area contributed by atoms with Crippen LogP contribution in [-0.2, 0) is 0 Å². The Labute approximate surface area is 145 Å². The lowest BCUT2D eigenvalue weighted by Gasteiger charge is -2.01. The molecule has 0 fully saturated rings. The topological polar surface area (TPSA) is 45.8 Å². The number of hydrogen-bond donors (Lipinski definition) is 1. The van der Waals surface area contributed by atoms with Crippen molar-refractivity contribution in [1.29, 1.82) is 0 Å². The minimum absolute atomic E-state index is 0.0125. The first-order valence-corrected chi connectivity index (χ1v) is 8.12. The number of fused-ring (bicyclic) bond motifs is 1. The summed E-state index contributed by atoms with van der Waals surface area (Å²) >= 11 is 0. The van der Waals surface area contributed by atoms with Crippen molar-refractivity contribution in [3.05, 3.63) is 101 Å². The molecular weight excluding hydrogens is 308 g/mol. The second-order valence-electron chi connectivity index (χ2n) is 5.81. The Kier molecular flexibility index (Phi) is 3.97. The number of hydrogen-bond acceptors (Lipinski definition) is 2. The smallest absolute Gasteiger partial charge is 0.193 e. The highest BCUT2D eigenvalue weighted by Crippen LogP contribution is 2.21. The maximum atomic E-state index is 12.6. The van der Waals surface area contributed by atoms with Crippen molar-refractivity contribution in [3.8, 4) is 0 Å². The highest BCUT2D eigenvalue weighted by Gasteiger charge is 2.11. The molecule has 0 spiro atoms. The molecule has 1 heterocycles. The fourth-order valence-electron chi connectivity index (χ4n) is 2.80. The lowest BCUT2D eigenvalue weighted by molar-refractivity contribution is 0.103. The molecule has 25 heavy (non-hydrogen) atoms. The molecule has 3 heteroatoms. The first kappa shape index (κ1) is 15.1. The van der Waals surface area contributed by atoms with E-state index in [0.717, 1.165) is 22.2 Å². The molecule has 1 aromatic heterocycles. The molecule has 0 bridgehead atoms. The van der Waals surface area contributed by atoms with Crippen LogP contribution in [0.2, 0.25) is 0 Å². The molecule has 120 valence electrons. The van der Waals surface area contributed by atoms with Crippen LogP contribution in [0.25, 0.3) is 23.1 Å². The standard InChI is InChI=1S/C22H16N2O/c25-22(17-9-5-2-6-10-17)18-12-13-19-20(23-24-21(19)15-18)14-11-16-7-3-1-4-8-16/h1-15H,(H,23,24). The number of aromatic amines is 1. The number of H-pyrrole nitrogens is 1. The molecule has 4 rings (SSSR count). The molecule has 3 aromatic carbocycles. The predicted octanol–water partition coefficient (Wildman–Crippen LogP) is 4.96. The van der Waals surface area contributed by atoms with Crippen molar-refractivity contribution in [1.82, 2.24) is 10.2 Å². The van der Waals surface area contributed by atoms with Crippen molar-refractivity contribution in [2.24, 2.45) is 0 Å². The van der Waals surface area contributed by atoms with E-state index in [0.29, 0.717) is 11.1 Å². The van der Waals surface area contributed by atoms with Crippen LogP contribution >= 0.6 is 0 Å². The van der Waals surface area contributed by atoms with E-state index in [2.05, 4.69) is 10.2 Å². The zero-order chi connectivity index (χ0) is 17.1. The van der Waals surface area contributed by atoms with Crippen LogP contribution in [0.5, 0.6) is 0 Å². The van der Waals surface area contributed by atoms with E-state index in [1.165, 1.54) is 0 Å². The Balaban J connectivity index is 1.65. The average Bonchev–Trinajstić information content (AvgIpc) is 3.09. The van der Waals surface area contributed by atoms with Gasteiger partial charge in [0.2, 0.25) is 0 Å². The average molecular weight is 324 g/mol. The normalized spacial score (nSPS) is 11.2. The number of carbonyl (C=O) groups is 1. The van der Waals surface area contributed by atoms with Crippen molar-refractivity contribution < 1.29 is 4.79 Å². The highest BCUT2D eigenvalue weighted by atomic mass is 16.1. The van der Waals surface area contributed by atoms with Crippen LogP contribution in [0.4, 0.5) is 0 Å². The van der Waals surface area contributed by atoms with Gasteiger partial charge in [-0.2, -0.15) is 5.10 Å². The largest absolute Gasteiger partial charge is 0.289 e. The van der Waals surface area contributed by atoms with Crippen LogP contribution < -0.4 is 0 Å². The molecule has 0 aliphatic rings. The number of rotatable bonds is 4. The van der Waals surface area contributed by atoms with Gasteiger partial charge in [0.25, 0.3) is 0 Å². The summed E-state index contributed by atoms with van der Waals surface area (Å²) in [6, 6.07) is 25.0. The third kappa shape index (κ3) is 3.12. The molecular formula is C22H16N2O. The monoisotopic (exact) mass is 324 g/mol. The quantitative estimate of drug-likeness (QED) is 0.539. The molecule has 1 N–H and O–H groups in total. The summed E-state index contributed by atoms with van der Waals surface area (Å²) in [7, 11) is 0.